The Morgan fingerprint density at radius 2 is 1.83 bits per heavy atom. The molecular weight excluding hydrogens is 302 g/mol. The maximum Gasteiger partial charge on any atom is 0.408 e. The lowest BCUT2D eigenvalue weighted by atomic mass is 10.1. The largest absolute Gasteiger partial charge is 0.469 e. The van der Waals surface area contributed by atoms with Gasteiger partial charge in [-0.3, -0.25) is 4.79 Å². The minimum atomic E-state index is -0.961. The fourth-order valence-electron chi connectivity index (χ4n) is 1.76. The first kappa shape index (κ1) is 18.5. The van der Waals surface area contributed by atoms with Crippen LogP contribution in [-0.2, 0) is 30.4 Å². The number of carbonyl (C=O) groups is 3. The molecule has 7 nitrogen and oxygen atoms in total. The van der Waals surface area contributed by atoms with Crippen molar-refractivity contribution in [1.82, 2.24) is 5.32 Å². The van der Waals surface area contributed by atoms with Gasteiger partial charge in [0.15, 0.2) is 0 Å². The minimum Gasteiger partial charge on any atom is -0.469 e. The molecule has 0 aliphatic carbocycles. The van der Waals surface area contributed by atoms with Crippen LogP contribution in [0.4, 0.5) is 4.79 Å². The van der Waals surface area contributed by atoms with Crippen molar-refractivity contribution in [3.63, 3.8) is 0 Å². The van der Waals surface area contributed by atoms with Crippen LogP contribution in [-0.4, -0.2) is 37.8 Å². The molecule has 0 aromatic heterocycles. The highest BCUT2D eigenvalue weighted by atomic mass is 16.6. The lowest BCUT2D eigenvalue weighted by molar-refractivity contribution is -0.146. The molecule has 1 rings (SSSR count). The first-order chi connectivity index (χ1) is 11.1. The summed E-state index contributed by atoms with van der Waals surface area (Å²) in [6, 6.07) is 8.17. The van der Waals surface area contributed by atoms with E-state index in [4.69, 9.17) is 9.47 Å². The summed E-state index contributed by atoms with van der Waals surface area (Å²) < 4.78 is 14.4. The summed E-state index contributed by atoms with van der Waals surface area (Å²) in [5.74, 6) is -1.09. The molecule has 23 heavy (non-hydrogen) atoms. The number of amides is 1. The molecule has 0 bridgehead atoms. The third-order valence-electron chi connectivity index (χ3n) is 2.94. The summed E-state index contributed by atoms with van der Waals surface area (Å²) in [6.07, 6.45) is -0.693. The normalized spacial score (nSPS) is 11.2. The second-order valence-electron chi connectivity index (χ2n) is 4.63. The maximum atomic E-state index is 11.8. The van der Waals surface area contributed by atoms with E-state index < -0.39 is 24.1 Å². The number of ether oxygens (including phenoxy) is 3. The number of hydrogen-bond donors (Lipinski definition) is 1. The van der Waals surface area contributed by atoms with Crippen molar-refractivity contribution < 1.29 is 28.6 Å². The predicted octanol–water partition coefficient (Wildman–Crippen LogP) is 1.80. The van der Waals surface area contributed by atoms with Crippen LogP contribution in [0.2, 0.25) is 0 Å². The lowest BCUT2D eigenvalue weighted by Crippen LogP contribution is -2.42. The summed E-state index contributed by atoms with van der Waals surface area (Å²) in [5.41, 5.74) is 0.824. The molecule has 0 fully saturated rings. The van der Waals surface area contributed by atoms with Gasteiger partial charge in [0.25, 0.3) is 0 Å². The number of rotatable bonds is 8. The van der Waals surface area contributed by atoms with Crippen molar-refractivity contribution in [2.24, 2.45) is 0 Å². The van der Waals surface area contributed by atoms with Crippen molar-refractivity contribution in [2.75, 3.05) is 13.7 Å². The second-order valence-corrected chi connectivity index (χ2v) is 4.63. The van der Waals surface area contributed by atoms with E-state index in [-0.39, 0.29) is 26.1 Å². The van der Waals surface area contributed by atoms with Gasteiger partial charge in [-0.25, -0.2) is 9.59 Å². The predicted molar refractivity (Wildman–Crippen MR) is 81.4 cm³/mol. The number of methoxy groups -OCH3 is 1. The van der Waals surface area contributed by atoms with Crippen LogP contribution < -0.4 is 5.32 Å². The topological polar surface area (TPSA) is 90.9 Å². The number of benzene rings is 1. The Morgan fingerprint density at radius 1 is 1.13 bits per heavy atom. The molecule has 7 heteroatoms. The highest BCUT2D eigenvalue weighted by molar-refractivity contribution is 5.82. The van der Waals surface area contributed by atoms with Gasteiger partial charge in [0, 0.05) is 6.42 Å². The van der Waals surface area contributed by atoms with E-state index in [1.807, 2.05) is 30.3 Å². The van der Waals surface area contributed by atoms with E-state index in [2.05, 4.69) is 10.1 Å². The summed E-state index contributed by atoms with van der Waals surface area (Å²) in [7, 11) is 1.25. The molecular formula is C16H21NO6. The zero-order chi connectivity index (χ0) is 17.1. The fourth-order valence-corrected chi connectivity index (χ4v) is 1.76. The van der Waals surface area contributed by atoms with E-state index in [1.165, 1.54) is 7.11 Å². The van der Waals surface area contributed by atoms with Gasteiger partial charge in [0.2, 0.25) is 0 Å². The van der Waals surface area contributed by atoms with E-state index in [0.717, 1.165) is 5.56 Å². The number of hydrogen-bond acceptors (Lipinski definition) is 6. The molecule has 1 amide bonds. The van der Waals surface area contributed by atoms with E-state index >= 15 is 0 Å². The quantitative estimate of drug-likeness (QED) is 0.579. The Kier molecular flexibility index (Phi) is 8.20. The van der Waals surface area contributed by atoms with Gasteiger partial charge in [0.1, 0.15) is 12.6 Å². The summed E-state index contributed by atoms with van der Waals surface area (Å²) in [5, 5.41) is 2.41. The molecule has 0 aliphatic rings. The zero-order valence-electron chi connectivity index (χ0n) is 13.2. The van der Waals surface area contributed by atoms with E-state index in [0.29, 0.717) is 0 Å². The molecule has 0 saturated heterocycles. The average Bonchev–Trinajstić information content (AvgIpc) is 2.57. The number of esters is 2. The third kappa shape index (κ3) is 7.30. The summed E-state index contributed by atoms with van der Waals surface area (Å²) in [4.78, 5) is 34.8. The van der Waals surface area contributed by atoms with Crippen LogP contribution in [0.15, 0.2) is 30.3 Å². The van der Waals surface area contributed by atoms with Crippen LogP contribution in [0, 0.1) is 0 Å². The molecule has 1 aromatic rings. The van der Waals surface area contributed by atoms with Crippen molar-refractivity contribution in [2.45, 2.75) is 32.4 Å². The Labute approximate surface area is 134 Å². The Hall–Kier alpha value is -2.57. The van der Waals surface area contributed by atoms with Crippen LogP contribution in [0.5, 0.6) is 0 Å². The van der Waals surface area contributed by atoms with Gasteiger partial charge < -0.3 is 19.5 Å². The van der Waals surface area contributed by atoms with E-state index in [9.17, 15) is 14.4 Å². The van der Waals surface area contributed by atoms with Gasteiger partial charge in [-0.2, -0.15) is 0 Å². The standard InChI is InChI=1S/C16H21NO6/c1-3-22-15(19)13(9-10-14(18)21-2)17-16(20)23-11-12-7-5-4-6-8-12/h4-8,13H,3,9-11H2,1-2H3,(H,17,20)/t13-/m0/s1. The van der Waals surface area contributed by atoms with E-state index in [1.54, 1.807) is 6.92 Å². The fraction of sp³-hybridized carbons (Fsp3) is 0.438. The second kappa shape index (κ2) is 10.2. The molecule has 0 radical (unpaired) electrons. The van der Waals surface area contributed by atoms with Gasteiger partial charge in [-0.05, 0) is 18.9 Å². The van der Waals surface area contributed by atoms with Crippen molar-refractivity contribution >= 4 is 18.0 Å². The lowest BCUT2D eigenvalue weighted by Gasteiger charge is -2.16. The first-order valence-electron chi connectivity index (χ1n) is 7.27. The van der Waals surface area contributed by atoms with Crippen molar-refractivity contribution in [1.29, 1.82) is 0 Å². The van der Waals surface area contributed by atoms with Gasteiger partial charge >= 0.3 is 18.0 Å². The Bertz CT molecular complexity index is 517. The first-order valence-corrected chi connectivity index (χ1v) is 7.27. The maximum absolute atomic E-state index is 11.8. The highest BCUT2D eigenvalue weighted by Gasteiger charge is 2.23. The van der Waals surface area contributed by atoms with Crippen LogP contribution in [0.25, 0.3) is 0 Å². The van der Waals surface area contributed by atoms with Crippen LogP contribution >= 0.6 is 0 Å². The van der Waals surface area contributed by atoms with Crippen LogP contribution in [0.1, 0.15) is 25.3 Å². The number of nitrogens with one attached hydrogen (secondary N) is 1. The molecule has 1 aromatic carbocycles. The summed E-state index contributed by atoms with van der Waals surface area (Å²) >= 11 is 0. The SMILES string of the molecule is CCOC(=O)[C@H](CCC(=O)OC)NC(=O)OCc1ccccc1. The average molecular weight is 323 g/mol. The van der Waals surface area contributed by atoms with Gasteiger partial charge in [-0.1, -0.05) is 30.3 Å². The monoisotopic (exact) mass is 323 g/mol. The van der Waals surface area contributed by atoms with Gasteiger partial charge in [-0.15, -0.1) is 0 Å². The molecule has 0 aliphatic heterocycles. The molecule has 126 valence electrons. The third-order valence-corrected chi connectivity index (χ3v) is 2.94. The van der Waals surface area contributed by atoms with Crippen molar-refractivity contribution in [3.8, 4) is 0 Å². The van der Waals surface area contributed by atoms with Gasteiger partial charge in [0.05, 0.1) is 13.7 Å². The Balaban J connectivity index is 2.51. The number of alkyl carbamates (subject to hydrolysis) is 1. The molecule has 0 spiro atoms. The summed E-state index contributed by atoms with van der Waals surface area (Å²) in [6.45, 7) is 1.91. The molecule has 0 heterocycles. The Morgan fingerprint density at radius 3 is 2.43 bits per heavy atom. The molecule has 1 N–H and O–H groups in total. The minimum absolute atomic E-state index is 0.0149. The number of carbonyl (C=O) groups excluding carboxylic acids is 3. The molecule has 0 saturated carbocycles. The highest BCUT2D eigenvalue weighted by Crippen LogP contribution is 2.04. The van der Waals surface area contributed by atoms with Crippen molar-refractivity contribution in [3.05, 3.63) is 35.9 Å². The molecule has 0 unspecified atom stereocenters. The van der Waals surface area contributed by atoms with Crippen LogP contribution in [0.3, 0.4) is 0 Å². The smallest absolute Gasteiger partial charge is 0.408 e. The molecule has 1 atom stereocenters. The zero-order valence-corrected chi connectivity index (χ0v) is 13.2.